The first-order valence-corrected chi connectivity index (χ1v) is 8.01. The summed E-state index contributed by atoms with van der Waals surface area (Å²) in [6.45, 7) is 2.47. The third-order valence-electron chi connectivity index (χ3n) is 3.64. The molecule has 0 saturated carbocycles. The fourth-order valence-electron chi connectivity index (χ4n) is 2.62. The molecule has 0 aromatic heterocycles. The second-order valence-corrected chi connectivity index (χ2v) is 7.01. The first-order valence-electron chi connectivity index (χ1n) is 6.61. The summed E-state index contributed by atoms with van der Waals surface area (Å²) in [6, 6.07) is 0.00510. The maximum atomic E-state index is 12.4. The van der Waals surface area contributed by atoms with Gasteiger partial charge in [-0.15, -0.1) is 0 Å². The zero-order valence-corrected chi connectivity index (χ0v) is 11.2. The number of hydrogen-bond donors (Lipinski definition) is 1. The molecule has 0 radical (unpaired) electrons. The maximum Gasteiger partial charge on any atom is 0.282 e. The van der Waals surface area contributed by atoms with Crippen molar-refractivity contribution in [2.24, 2.45) is 5.73 Å². The number of nitrogens with zero attached hydrogens (tertiary/aromatic N) is 2. The molecule has 17 heavy (non-hydrogen) atoms. The topological polar surface area (TPSA) is 66.6 Å². The summed E-state index contributed by atoms with van der Waals surface area (Å²) in [6.07, 6.45) is 6.08. The lowest BCUT2D eigenvalue weighted by molar-refractivity contribution is 0.285. The minimum absolute atomic E-state index is 0.00510. The molecule has 0 aromatic carbocycles. The van der Waals surface area contributed by atoms with Crippen LogP contribution in [0.1, 0.15) is 38.5 Å². The highest BCUT2D eigenvalue weighted by Crippen LogP contribution is 2.19. The van der Waals surface area contributed by atoms with E-state index in [1.54, 1.807) is 8.61 Å². The summed E-state index contributed by atoms with van der Waals surface area (Å²) >= 11 is 0. The lowest BCUT2D eigenvalue weighted by atomic mass is 10.1. The summed E-state index contributed by atoms with van der Waals surface area (Å²) in [5.41, 5.74) is 5.86. The SMILES string of the molecule is NC1CCCN(S(=O)(=O)N2CCCCCC2)C1. The van der Waals surface area contributed by atoms with Crippen molar-refractivity contribution in [2.75, 3.05) is 26.2 Å². The van der Waals surface area contributed by atoms with E-state index in [1.165, 1.54) is 0 Å². The largest absolute Gasteiger partial charge is 0.327 e. The van der Waals surface area contributed by atoms with Gasteiger partial charge in [-0.25, -0.2) is 0 Å². The normalized spacial score (nSPS) is 30.1. The van der Waals surface area contributed by atoms with E-state index in [9.17, 15) is 8.42 Å². The van der Waals surface area contributed by atoms with Gasteiger partial charge in [0.05, 0.1) is 0 Å². The molecule has 0 aromatic rings. The molecule has 0 bridgehead atoms. The van der Waals surface area contributed by atoms with Gasteiger partial charge in [-0.1, -0.05) is 12.8 Å². The van der Waals surface area contributed by atoms with Crippen LogP contribution in [0.25, 0.3) is 0 Å². The van der Waals surface area contributed by atoms with Crippen LogP contribution in [0.5, 0.6) is 0 Å². The predicted molar refractivity (Wildman–Crippen MR) is 67.7 cm³/mol. The van der Waals surface area contributed by atoms with E-state index in [0.717, 1.165) is 38.5 Å². The van der Waals surface area contributed by atoms with Gasteiger partial charge in [0.2, 0.25) is 0 Å². The first-order chi connectivity index (χ1) is 8.10. The zero-order chi connectivity index (χ0) is 12.3. The summed E-state index contributed by atoms with van der Waals surface area (Å²) in [4.78, 5) is 0. The fraction of sp³-hybridized carbons (Fsp3) is 1.00. The van der Waals surface area contributed by atoms with E-state index < -0.39 is 10.2 Å². The van der Waals surface area contributed by atoms with E-state index in [-0.39, 0.29) is 6.04 Å². The van der Waals surface area contributed by atoms with E-state index in [0.29, 0.717) is 26.2 Å². The van der Waals surface area contributed by atoms with Crippen molar-refractivity contribution in [3.8, 4) is 0 Å². The molecule has 0 aliphatic carbocycles. The molecule has 2 saturated heterocycles. The quantitative estimate of drug-likeness (QED) is 0.788. The number of rotatable bonds is 2. The second-order valence-electron chi connectivity index (χ2n) is 5.08. The van der Waals surface area contributed by atoms with Crippen LogP contribution in [0.15, 0.2) is 0 Å². The highest BCUT2D eigenvalue weighted by atomic mass is 32.2. The van der Waals surface area contributed by atoms with Gasteiger partial charge in [0.15, 0.2) is 0 Å². The van der Waals surface area contributed by atoms with E-state index >= 15 is 0 Å². The van der Waals surface area contributed by atoms with Gasteiger partial charge in [0, 0.05) is 32.2 Å². The smallest absolute Gasteiger partial charge is 0.282 e. The Morgan fingerprint density at radius 2 is 1.47 bits per heavy atom. The van der Waals surface area contributed by atoms with Gasteiger partial charge in [-0.05, 0) is 25.7 Å². The molecule has 2 aliphatic rings. The molecule has 100 valence electrons. The molecule has 2 fully saturated rings. The lowest BCUT2D eigenvalue weighted by Gasteiger charge is -2.33. The van der Waals surface area contributed by atoms with Gasteiger partial charge >= 0.3 is 0 Å². The highest BCUT2D eigenvalue weighted by Gasteiger charge is 2.32. The molecular weight excluding hydrogens is 238 g/mol. The Morgan fingerprint density at radius 1 is 0.882 bits per heavy atom. The first kappa shape index (κ1) is 13.3. The van der Waals surface area contributed by atoms with Crippen molar-refractivity contribution < 1.29 is 8.42 Å². The Kier molecular flexibility index (Phi) is 4.41. The molecule has 1 unspecified atom stereocenters. The van der Waals surface area contributed by atoms with E-state index in [2.05, 4.69) is 0 Å². The van der Waals surface area contributed by atoms with Crippen molar-refractivity contribution in [3.63, 3.8) is 0 Å². The molecule has 5 nitrogen and oxygen atoms in total. The molecular formula is C11H23N3O2S. The monoisotopic (exact) mass is 261 g/mol. The molecule has 2 rings (SSSR count). The van der Waals surface area contributed by atoms with Crippen LogP contribution < -0.4 is 5.73 Å². The van der Waals surface area contributed by atoms with Crippen molar-refractivity contribution in [1.29, 1.82) is 0 Å². The molecule has 1 atom stereocenters. The summed E-state index contributed by atoms with van der Waals surface area (Å²) in [5.74, 6) is 0. The fourth-order valence-corrected chi connectivity index (χ4v) is 4.41. The number of piperidine rings is 1. The lowest BCUT2D eigenvalue weighted by Crippen LogP contribution is -2.51. The molecule has 2 heterocycles. The third kappa shape index (κ3) is 3.19. The summed E-state index contributed by atoms with van der Waals surface area (Å²) in [5, 5.41) is 0. The Morgan fingerprint density at radius 3 is 2.06 bits per heavy atom. The number of nitrogens with two attached hydrogens (primary N) is 1. The molecule has 0 spiro atoms. The maximum absolute atomic E-state index is 12.4. The minimum atomic E-state index is -3.25. The van der Waals surface area contributed by atoms with Crippen LogP contribution >= 0.6 is 0 Å². The average Bonchev–Trinajstić information content (AvgIpc) is 2.58. The number of hydrogen-bond acceptors (Lipinski definition) is 3. The van der Waals surface area contributed by atoms with Crippen molar-refractivity contribution in [2.45, 2.75) is 44.6 Å². The predicted octanol–water partition coefficient (Wildman–Crippen LogP) is 0.530. The second kappa shape index (κ2) is 5.65. The van der Waals surface area contributed by atoms with Crippen LogP contribution in [0.2, 0.25) is 0 Å². The molecule has 6 heteroatoms. The van der Waals surface area contributed by atoms with Gasteiger partial charge < -0.3 is 5.73 Å². The van der Waals surface area contributed by atoms with Gasteiger partial charge in [-0.2, -0.15) is 17.0 Å². The Labute approximate surface area is 104 Å². The molecule has 0 amide bonds. The standard InChI is InChI=1S/C11H23N3O2S/c12-11-6-5-9-14(10-11)17(15,16)13-7-3-1-2-4-8-13/h11H,1-10,12H2. The van der Waals surface area contributed by atoms with Crippen LogP contribution in [0.3, 0.4) is 0 Å². The summed E-state index contributed by atoms with van der Waals surface area (Å²) in [7, 11) is -3.25. The minimum Gasteiger partial charge on any atom is -0.327 e. The van der Waals surface area contributed by atoms with E-state index in [4.69, 9.17) is 5.73 Å². The van der Waals surface area contributed by atoms with Gasteiger partial charge in [0.25, 0.3) is 10.2 Å². The highest BCUT2D eigenvalue weighted by molar-refractivity contribution is 7.86. The molecule has 2 aliphatic heterocycles. The van der Waals surface area contributed by atoms with Crippen LogP contribution in [-0.4, -0.2) is 49.2 Å². The van der Waals surface area contributed by atoms with Crippen LogP contribution in [0.4, 0.5) is 0 Å². The average molecular weight is 261 g/mol. The third-order valence-corrected chi connectivity index (χ3v) is 5.64. The van der Waals surface area contributed by atoms with Crippen LogP contribution in [-0.2, 0) is 10.2 Å². The Hall–Kier alpha value is -0.170. The molecule has 2 N–H and O–H groups in total. The summed E-state index contributed by atoms with van der Waals surface area (Å²) < 4.78 is 28.1. The Balaban J connectivity index is 2.05. The van der Waals surface area contributed by atoms with Crippen LogP contribution in [0, 0.1) is 0 Å². The van der Waals surface area contributed by atoms with E-state index in [1.807, 2.05) is 0 Å². The van der Waals surface area contributed by atoms with Gasteiger partial charge in [-0.3, -0.25) is 0 Å². The van der Waals surface area contributed by atoms with Crippen molar-refractivity contribution in [1.82, 2.24) is 8.61 Å². The van der Waals surface area contributed by atoms with Gasteiger partial charge in [0.1, 0.15) is 0 Å². The van der Waals surface area contributed by atoms with Crippen molar-refractivity contribution >= 4 is 10.2 Å². The van der Waals surface area contributed by atoms with Crippen molar-refractivity contribution in [3.05, 3.63) is 0 Å². The zero-order valence-electron chi connectivity index (χ0n) is 10.3. The Bertz CT molecular complexity index is 329.